The fourth-order valence-electron chi connectivity index (χ4n) is 2.06. The minimum Gasteiger partial charge on any atom is -0.356 e. The number of sulfonamides is 1. The van der Waals surface area contributed by atoms with Crippen LogP contribution in [-0.2, 0) is 22.3 Å². The van der Waals surface area contributed by atoms with Gasteiger partial charge in [0, 0.05) is 11.1 Å². The summed E-state index contributed by atoms with van der Waals surface area (Å²) < 4.78 is 31.9. The molecule has 7 nitrogen and oxygen atoms in total. The van der Waals surface area contributed by atoms with Gasteiger partial charge >= 0.3 is 0 Å². The number of hydrogen-bond donors (Lipinski definition) is 1. The molecule has 0 fully saturated rings. The van der Waals surface area contributed by atoms with E-state index >= 15 is 0 Å². The fraction of sp³-hybridized carbons (Fsp3) is 0.214. The first kappa shape index (κ1) is 14.6. The number of nitrogens with one attached hydrogen (secondary N) is 1. The number of rotatable bonds is 5. The molecule has 3 rings (SSSR count). The Labute approximate surface area is 127 Å². The number of benzene rings is 1. The summed E-state index contributed by atoms with van der Waals surface area (Å²) >= 11 is 0. The minimum absolute atomic E-state index is 0.113. The van der Waals surface area contributed by atoms with Crippen molar-refractivity contribution in [2.45, 2.75) is 19.2 Å². The van der Waals surface area contributed by atoms with Gasteiger partial charge in [-0.25, -0.2) is 23.1 Å². The summed E-state index contributed by atoms with van der Waals surface area (Å²) in [4.78, 5) is 7.99. The third kappa shape index (κ3) is 3.29. The normalized spacial score (nSPS) is 11.9. The van der Waals surface area contributed by atoms with E-state index in [-0.39, 0.29) is 12.3 Å². The summed E-state index contributed by atoms with van der Waals surface area (Å²) in [6.07, 6.45) is 1.41. The van der Waals surface area contributed by atoms with Crippen LogP contribution in [0.3, 0.4) is 0 Å². The average molecular weight is 318 g/mol. The maximum absolute atomic E-state index is 12.2. The Morgan fingerprint density at radius 3 is 2.86 bits per heavy atom. The zero-order chi connectivity index (χ0) is 15.6. The monoisotopic (exact) mass is 318 g/mol. The summed E-state index contributed by atoms with van der Waals surface area (Å²) in [6.45, 7) is 1.93. The van der Waals surface area contributed by atoms with Crippen molar-refractivity contribution in [1.29, 1.82) is 0 Å². The molecule has 0 atom stereocenters. The SMILES string of the molecule is Cc1cc(CNS(=O)(=O)Cc2noc3ccccc23)ncn1. The molecule has 3 aromatic rings. The Kier molecular flexibility index (Phi) is 3.86. The van der Waals surface area contributed by atoms with E-state index in [2.05, 4.69) is 19.8 Å². The number of aryl methyl sites for hydroxylation is 1. The van der Waals surface area contributed by atoms with E-state index in [9.17, 15) is 8.42 Å². The lowest BCUT2D eigenvalue weighted by Gasteiger charge is -2.05. The van der Waals surface area contributed by atoms with E-state index in [0.717, 1.165) is 5.69 Å². The molecule has 114 valence electrons. The molecule has 0 spiro atoms. The lowest BCUT2D eigenvalue weighted by Crippen LogP contribution is -2.25. The Hall–Kier alpha value is -2.32. The third-order valence-electron chi connectivity index (χ3n) is 3.11. The molecule has 1 N–H and O–H groups in total. The molecule has 8 heteroatoms. The fourth-order valence-corrected chi connectivity index (χ4v) is 3.10. The molecule has 1 aromatic carbocycles. The second kappa shape index (κ2) is 5.82. The van der Waals surface area contributed by atoms with Crippen LogP contribution in [0.25, 0.3) is 11.0 Å². The van der Waals surface area contributed by atoms with Crippen molar-refractivity contribution in [3.8, 4) is 0 Å². The highest BCUT2D eigenvalue weighted by molar-refractivity contribution is 7.88. The van der Waals surface area contributed by atoms with Crippen LogP contribution in [0, 0.1) is 6.92 Å². The number of aromatic nitrogens is 3. The van der Waals surface area contributed by atoms with Crippen molar-refractivity contribution in [1.82, 2.24) is 19.8 Å². The highest BCUT2D eigenvalue weighted by Crippen LogP contribution is 2.19. The average Bonchev–Trinajstić information content (AvgIpc) is 2.88. The van der Waals surface area contributed by atoms with Gasteiger partial charge in [0.05, 0.1) is 12.2 Å². The van der Waals surface area contributed by atoms with Crippen molar-refractivity contribution in [2.75, 3.05) is 0 Å². The molecule has 0 saturated heterocycles. The summed E-state index contributed by atoms with van der Waals surface area (Å²) in [7, 11) is -3.54. The van der Waals surface area contributed by atoms with Gasteiger partial charge in [-0.2, -0.15) is 0 Å². The van der Waals surface area contributed by atoms with Crippen LogP contribution in [0.5, 0.6) is 0 Å². The number of hydrogen-bond acceptors (Lipinski definition) is 6. The lowest BCUT2D eigenvalue weighted by molar-refractivity contribution is 0.448. The predicted molar refractivity (Wildman–Crippen MR) is 80.2 cm³/mol. The van der Waals surface area contributed by atoms with Crippen LogP contribution in [0.4, 0.5) is 0 Å². The van der Waals surface area contributed by atoms with Crippen LogP contribution < -0.4 is 4.72 Å². The van der Waals surface area contributed by atoms with Crippen molar-refractivity contribution < 1.29 is 12.9 Å². The van der Waals surface area contributed by atoms with Gasteiger partial charge in [0.25, 0.3) is 0 Å². The number of nitrogens with zero attached hydrogens (tertiary/aromatic N) is 3. The first-order chi connectivity index (χ1) is 10.5. The highest BCUT2D eigenvalue weighted by Gasteiger charge is 2.17. The second-order valence-electron chi connectivity index (χ2n) is 4.86. The van der Waals surface area contributed by atoms with Gasteiger partial charge in [-0.05, 0) is 25.1 Å². The third-order valence-corrected chi connectivity index (χ3v) is 4.35. The topological polar surface area (TPSA) is 98.0 Å². The maximum Gasteiger partial charge on any atom is 0.217 e. The maximum atomic E-state index is 12.2. The van der Waals surface area contributed by atoms with Crippen LogP contribution >= 0.6 is 0 Å². The molecule has 0 amide bonds. The molecule has 0 aliphatic rings. The molecule has 0 aliphatic carbocycles. The Balaban J connectivity index is 1.73. The molecule has 22 heavy (non-hydrogen) atoms. The summed E-state index contributed by atoms with van der Waals surface area (Å²) in [5, 5.41) is 4.53. The van der Waals surface area contributed by atoms with Crippen LogP contribution in [0.1, 0.15) is 17.1 Å². The largest absolute Gasteiger partial charge is 0.356 e. The molecule has 0 saturated carbocycles. The molecule has 0 bridgehead atoms. The van der Waals surface area contributed by atoms with E-state index in [1.54, 1.807) is 18.2 Å². The van der Waals surface area contributed by atoms with E-state index in [0.29, 0.717) is 22.4 Å². The molecular formula is C14H14N4O3S. The van der Waals surface area contributed by atoms with Gasteiger partial charge in [0.1, 0.15) is 17.8 Å². The van der Waals surface area contributed by atoms with Gasteiger partial charge < -0.3 is 4.52 Å². The second-order valence-corrected chi connectivity index (χ2v) is 6.66. The van der Waals surface area contributed by atoms with E-state index < -0.39 is 10.0 Å². The minimum atomic E-state index is -3.54. The zero-order valence-electron chi connectivity index (χ0n) is 11.9. The Morgan fingerprint density at radius 1 is 1.23 bits per heavy atom. The van der Waals surface area contributed by atoms with Crippen molar-refractivity contribution in [3.63, 3.8) is 0 Å². The van der Waals surface area contributed by atoms with Gasteiger partial charge in [-0.1, -0.05) is 17.3 Å². The highest BCUT2D eigenvalue weighted by atomic mass is 32.2. The first-order valence-electron chi connectivity index (χ1n) is 6.62. The predicted octanol–water partition coefficient (Wildman–Crippen LogP) is 1.55. The summed E-state index contributed by atoms with van der Waals surface area (Å²) in [5.41, 5.74) is 2.36. The molecule has 0 aliphatic heterocycles. The van der Waals surface area contributed by atoms with Crippen LogP contribution in [-0.4, -0.2) is 23.5 Å². The van der Waals surface area contributed by atoms with E-state index in [4.69, 9.17) is 4.52 Å². The smallest absolute Gasteiger partial charge is 0.217 e. The first-order valence-corrected chi connectivity index (χ1v) is 8.27. The molecular weight excluding hydrogens is 304 g/mol. The van der Waals surface area contributed by atoms with Gasteiger partial charge in [0.2, 0.25) is 10.0 Å². The Morgan fingerprint density at radius 2 is 2.05 bits per heavy atom. The molecule has 0 radical (unpaired) electrons. The number of para-hydroxylation sites is 1. The molecule has 2 heterocycles. The van der Waals surface area contributed by atoms with Gasteiger partial charge in [-0.15, -0.1) is 0 Å². The standard InChI is InChI=1S/C14H14N4O3S/c1-10-6-11(16-9-15-10)7-17-22(19,20)8-13-12-4-2-3-5-14(12)21-18-13/h2-6,9,17H,7-8H2,1H3. The van der Waals surface area contributed by atoms with Crippen molar-refractivity contribution in [2.24, 2.45) is 0 Å². The number of fused-ring (bicyclic) bond motifs is 1. The van der Waals surface area contributed by atoms with Crippen LogP contribution in [0.2, 0.25) is 0 Å². The lowest BCUT2D eigenvalue weighted by atomic mass is 10.2. The van der Waals surface area contributed by atoms with E-state index in [1.807, 2.05) is 19.1 Å². The van der Waals surface area contributed by atoms with Gasteiger partial charge in [-0.3, -0.25) is 0 Å². The van der Waals surface area contributed by atoms with Crippen molar-refractivity contribution in [3.05, 3.63) is 53.7 Å². The quantitative estimate of drug-likeness (QED) is 0.766. The van der Waals surface area contributed by atoms with Crippen molar-refractivity contribution >= 4 is 21.0 Å². The Bertz CT molecular complexity index is 905. The molecule has 0 unspecified atom stereocenters. The zero-order valence-corrected chi connectivity index (χ0v) is 12.7. The molecule has 2 aromatic heterocycles. The van der Waals surface area contributed by atoms with Gasteiger partial charge in [0.15, 0.2) is 5.58 Å². The summed E-state index contributed by atoms with van der Waals surface area (Å²) in [6, 6.07) is 8.88. The summed E-state index contributed by atoms with van der Waals surface area (Å²) in [5.74, 6) is -0.242. The van der Waals surface area contributed by atoms with Crippen LogP contribution in [0.15, 0.2) is 41.2 Å². The van der Waals surface area contributed by atoms with E-state index in [1.165, 1.54) is 6.33 Å².